The Balaban J connectivity index is 2.51. The van der Waals surface area contributed by atoms with Gasteiger partial charge in [-0.3, -0.25) is 0 Å². The second-order valence-corrected chi connectivity index (χ2v) is 6.46. The van der Waals surface area contributed by atoms with Gasteiger partial charge in [-0.1, -0.05) is 0 Å². The van der Waals surface area contributed by atoms with Crippen LogP contribution in [0.3, 0.4) is 0 Å². The van der Waals surface area contributed by atoms with Crippen LogP contribution < -0.4 is 4.90 Å². The molecule has 1 unspecified atom stereocenters. The summed E-state index contributed by atoms with van der Waals surface area (Å²) in [5.41, 5.74) is 2.14. The summed E-state index contributed by atoms with van der Waals surface area (Å²) in [6.07, 6.45) is 0.867. The van der Waals surface area contributed by atoms with Gasteiger partial charge < -0.3 is 4.90 Å². The summed E-state index contributed by atoms with van der Waals surface area (Å²) in [7, 11) is 3.69. The third-order valence-electron chi connectivity index (χ3n) is 2.89. The Morgan fingerprint density at radius 3 is 2.73 bits per heavy atom. The van der Waals surface area contributed by atoms with Crippen LogP contribution in [0.15, 0.2) is 23.1 Å². The van der Waals surface area contributed by atoms with E-state index in [1.807, 2.05) is 13.1 Å². The van der Waals surface area contributed by atoms with Gasteiger partial charge in [-0.05, 0) is 37.1 Å². The first-order valence-electron chi connectivity index (χ1n) is 4.70. The first-order valence-corrected chi connectivity index (χ1v) is 7.01. The first-order chi connectivity index (χ1) is 6.89. The van der Waals surface area contributed by atoms with Crippen LogP contribution in [0, 0.1) is 0 Å². The van der Waals surface area contributed by atoms with E-state index in [2.05, 4.69) is 11.8 Å². The average Bonchev–Trinajstić information content (AvgIpc) is 2.41. The minimum atomic E-state index is -3.61. The molecule has 0 spiro atoms. The lowest BCUT2D eigenvalue weighted by Gasteiger charge is -2.18. The second kappa shape index (κ2) is 3.39. The van der Waals surface area contributed by atoms with Gasteiger partial charge in [-0.15, -0.1) is 0 Å². The zero-order valence-electron chi connectivity index (χ0n) is 8.57. The fourth-order valence-electron chi connectivity index (χ4n) is 1.91. The fraction of sp³-hybridized carbons (Fsp3) is 0.400. The normalized spacial score (nSPS) is 20.5. The standard InChI is InChI=1S/C10H12ClNO2S/c1-7-5-8-6-9(15(11,13)14)3-4-10(8)12(7)2/h3-4,6-7H,5H2,1-2H3. The van der Waals surface area contributed by atoms with Gasteiger partial charge in [0.05, 0.1) is 4.90 Å². The van der Waals surface area contributed by atoms with E-state index < -0.39 is 9.05 Å². The summed E-state index contributed by atoms with van der Waals surface area (Å²) < 4.78 is 22.3. The summed E-state index contributed by atoms with van der Waals surface area (Å²) in [5, 5.41) is 0. The first kappa shape index (κ1) is 10.8. The number of hydrogen-bond acceptors (Lipinski definition) is 3. The minimum Gasteiger partial charge on any atom is -0.371 e. The molecular weight excluding hydrogens is 234 g/mol. The molecule has 0 amide bonds. The molecule has 1 aliphatic rings. The van der Waals surface area contributed by atoms with E-state index in [1.54, 1.807) is 12.1 Å². The number of likely N-dealkylation sites (N-methyl/N-ethyl adjacent to an activating group) is 1. The molecular formula is C10H12ClNO2S. The largest absolute Gasteiger partial charge is 0.371 e. The monoisotopic (exact) mass is 245 g/mol. The molecule has 0 aliphatic carbocycles. The van der Waals surface area contributed by atoms with Gasteiger partial charge >= 0.3 is 0 Å². The van der Waals surface area contributed by atoms with Crippen LogP contribution in [-0.4, -0.2) is 21.5 Å². The second-order valence-electron chi connectivity index (χ2n) is 3.89. The highest BCUT2D eigenvalue weighted by atomic mass is 35.7. The number of fused-ring (bicyclic) bond motifs is 1. The van der Waals surface area contributed by atoms with Gasteiger partial charge in [-0.2, -0.15) is 0 Å². The van der Waals surface area contributed by atoms with E-state index >= 15 is 0 Å². The molecule has 1 aromatic rings. The number of halogens is 1. The van der Waals surface area contributed by atoms with Gasteiger partial charge in [0.2, 0.25) is 0 Å². The van der Waals surface area contributed by atoms with Gasteiger partial charge in [0.15, 0.2) is 0 Å². The number of rotatable bonds is 1. The van der Waals surface area contributed by atoms with Crippen molar-refractivity contribution in [3.05, 3.63) is 23.8 Å². The molecule has 0 saturated heterocycles. The van der Waals surface area contributed by atoms with E-state index in [9.17, 15) is 8.42 Å². The van der Waals surface area contributed by atoms with Crippen LogP contribution in [0.2, 0.25) is 0 Å². The topological polar surface area (TPSA) is 37.4 Å². The lowest BCUT2D eigenvalue weighted by atomic mass is 10.1. The predicted molar refractivity (Wildman–Crippen MR) is 61.0 cm³/mol. The number of hydrogen-bond donors (Lipinski definition) is 0. The summed E-state index contributed by atoms with van der Waals surface area (Å²) in [6.45, 7) is 2.11. The SMILES string of the molecule is CC1Cc2cc(S(=O)(=O)Cl)ccc2N1C. The van der Waals surface area contributed by atoms with Gasteiger partial charge in [0.25, 0.3) is 9.05 Å². The van der Waals surface area contributed by atoms with Crippen LogP contribution in [0.5, 0.6) is 0 Å². The Hall–Kier alpha value is -0.740. The lowest BCUT2D eigenvalue weighted by molar-refractivity contribution is 0.609. The molecule has 0 bridgehead atoms. The average molecular weight is 246 g/mol. The molecule has 5 heteroatoms. The predicted octanol–water partition coefficient (Wildman–Crippen LogP) is 1.99. The third kappa shape index (κ3) is 1.84. The molecule has 1 atom stereocenters. The van der Waals surface area contributed by atoms with Crippen molar-refractivity contribution >= 4 is 25.4 Å². The quantitative estimate of drug-likeness (QED) is 0.711. The van der Waals surface area contributed by atoms with Crippen molar-refractivity contribution in [3.63, 3.8) is 0 Å². The van der Waals surface area contributed by atoms with E-state index in [0.29, 0.717) is 6.04 Å². The van der Waals surface area contributed by atoms with Gasteiger partial charge in [0.1, 0.15) is 0 Å². The van der Waals surface area contributed by atoms with E-state index in [4.69, 9.17) is 10.7 Å². The Labute approximate surface area is 94.1 Å². The third-order valence-corrected chi connectivity index (χ3v) is 4.24. The molecule has 2 rings (SSSR count). The fourth-order valence-corrected chi connectivity index (χ4v) is 2.72. The van der Waals surface area contributed by atoms with Gasteiger partial charge in [0, 0.05) is 29.5 Å². The highest BCUT2D eigenvalue weighted by Gasteiger charge is 2.24. The molecule has 15 heavy (non-hydrogen) atoms. The Morgan fingerprint density at radius 1 is 1.47 bits per heavy atom. The number of benzene rings is 1. The molecule has 0 fully saturated rings. The van der Waals surface area contributed by atoms with Crippen molar-refractivity contribution in [2.75, 3.05) is 11.9 Å². The molecule has 0 N–H and O–H groups in total. The molecule has 82 valence electrons. The summed E-state index contributed by atoms with van der Waals surface area (Å²) in [4.78, 5) is 2.32. The lowest BCUT2D eigenvalue weighted by Crippen LogP contribution is -2.23. The highest BCUT2D eigenvalue weighted by molar-refractivity contribution is 8.13. The number of anilines is 1. The van der Waals surface area contributed by atoms with Crippen LogP contribution in [-0.2, 0) is 15.5 Å². The summed E-state index contributed by atoms with van der Waals surface area (Å²) in [5.74, 6) is 0. The Morgan fingerprint density at radius 2 is 2.13 bits per heavy atom. The Bertz CT molecular complexity index is 498. The summed E-state index contributed by atoms with van der Waals surface area (Å²) >= 11 is 0. The van der Waals surface area contributed by atoms with Crippen molar-refractivity contribution in [1.29, 1.82) is 0 Å². The van der Waals surface area contributed by atoms with Crippen LogP contribution in [0.25, 0.3) is 0 Å². The van der Waals surface area contributed by atoms with Crippen molar-refractivity contribution in [2.24, 2.45) is 0 Å². The van der Waals surface area contributed by atoms with E-state index in [-0.39, 0.29) is 4.90 Å². The number of nitrogens with zero attached hydrogens (tertiary/aromatic N) is 1. The minimum absolute atomic E-state index is 0.186. The van der Waals surface area contributed by atoms with E-state index in [0.717, 1.165) is 17.7 Å². The maximum atomic E-state index is 11.1. The molecule has 1 aliphatic heterocycles. The molecule has 1 heterocycles. The molecule has 0 radical (unpaired) electrons. The van der Waals surface area contributed by atoms with Crippen LogP contribution in [0.1, 0.15) is 12.5 Å². The summed E-state index contributed by atoms with van der Waals surface area (Å²) in [6, 6.07) is 5.44. The Kier molecular flexibility index (Phi) is 2.43. The zero-order chi connectivity index (χ0) is 11.2. The molecule has 0 aromatic heterocycles. The highest BCUT2D eigenvalue weighted by Crippen LogP contribution is 2.32. The molecule has 1 aromatic carbocycles. The van der Waals surface area contributed by atoms with Crippen molar-refractivity contribution in [1.82, 2.24) is 0 Å². The van der Waals surface area contributed by atoms with Gasteiger partial charge in [-0.25, -0.2) is 8.42 Å². The van der Waals surface area contributed by atoms with E-state index in [1.165, 1.54) is 0 Å². The molecule has 3 nitrogen and oxygen atoms in total. The smallest absolute Gasteiger partial charge is 0.261 e. The van der Waals surface area contributed by atoms with Crippen molar-refractivity contribution in [3.8, 4) is 0 Å². The zero-order valence-corrected chi connectivity index (χ0v) is 10.1. The van der Waals surface area contributed by atoms with Crippen LogP contribution >= 0.6 is 10.7 Å². The maximum Gasteiger partial charge on any atom is 0.261 e. The van der Waals surface area contributed by atoms with Crippen LogP contribution in [0.4, 0.5) is 5.69 Å². The maximum absolute atomic E-state index is 11.1. The van der Waals surface area contributed by atoms with Crippen molar-refractivity contribution in [2.45, 2.75) is 24.3 Å². The van der Waals surface area contributed by atoms with Crippen molar-refractivity contribution < 1.29 is 8.42 Å². The molecule has 0 saturated carbocycles.